The minimum Gasteiger partial charge on any atom is -0.386 e. The van der Waals surface area contributed by atoms with Gasteiger partial charge in [0.25, 0.3) is 5.91 Å². The Morgan fingerprint density at radius 2 is 1.96 bits per heavy atom. The quantitative estimate of drug-likeness (QED) is 0.719. The van der Waals surface area contributed by atoms with Crippen LogP contribution in [0.3, 0.4) is 0 Å². The standard InChI is InChI=1S/C18H17FN4O2S/c1-10-3-4-12(17-21-6-13(19)7-22-17)5-14(10)18(25)23-8-15(24)16-9-20-11(2)26-16/h3-7,9,15,24H,8H2,1-2H3,(H,23,25)/t15-/m1/s1. The number of aliphatic hydroxyl groups is 1. The van der Waals surface area contributed by atoms with E-state index >= 15 is 0 Å². The maximum Gasteiger partial charge on any atom is 0.251 e. The number of nitrogens with one attached hydrogen (secondary N) is 1. The highest BCUT2D eigenvalue weighted by molar-refractivity contribution is 7.11. The van der Waals surface area contributed by atoms with Crippen LogP contribution in [-0.4, -0.2) is 32.5 Å². The van der Waals surface area contributed by atoms with E-state index in [1.54, 1.807) is 24.4 Å². The van der Waals surface area contributed by atoms with Crippen LogP contribution in [0.5, 0.6) is 0 Å². The number of aromatic nitrogens is 3. The smallest absolute Gasteiger partial charge is 0.251 e. The summed E-state index contributed by atoms with van der Waals surface area (Å²) < 4.78 is 13.0. The minimum absolute atomic E-state index is 0.0805. The van der Waals surface area contributed by atoms with Gasteiger partial charge in [0.15, 0.2) is 11.6 Å². The Kier molecular flexibility index (Phi) is 5.34. The van der Waals surface area contributed by atoms with E-state index in [4.69, 9.17) is 0 Å². The van der Waals surface area contributed by atoms with Crippen LogP contribution in [0.4, 0.5) is 4.39 Å². The van der Waals surface area contributed by atoms with Gasteiger partial charge in [0, 0.05) is 23.9 Å². The van der Waals surface area contributed by atoms with Crippen molar-refractivity contribution in [3.05, 3.63) is 63.6 Å². The fourth-order valence-corrected chi connectivity index (χ4v) is 3.16. The normalized spacial score (nSPS) is 12.0. The Bertz CT molecular complexity index is 927. The van der Waals surface area contributed by atoms with Gasteiger partial charge >= 0.3 is 0 Å². The maximum absolute atomic E-state index is 13.0. The van der Waals surface area contributed by atoms with Crippen LogP contribution >= 0.6 is 11.3 Å². The van der Waals surface area contributed by atoms with E-state index in [0.29, 0.717) is 21.8 Å². The highest BCUT2D eigenvalue weighted by atomic mass is 32.1. The van der Waals surface area contributed by atoms with E-state index < -0.39 is 11.9 Å². The number of aliphatic hydroxyl groups excluding tert-OH is 1. The second-order valence-electron chi connectivity index (χ2n) is 5.76. The lowest BCUT2D eigenvalue weighted by Gasteiger charge is -2.12. The molecule has 0 saturated heterocycles. The number of thiazole rings is 1. The molecule has 0 aliphatic carbocycles. The molecule has 2 N–H and O–H groups in total. The molecule has 26 heavy (non-hydrogen) atoms. The van der Waals surface area contributed by atoms with E-state index in [9.17, 15) is 14.3 Å². The highest BCUT2D eigenvalue weighted by Gasteiger charge is 2.15. The van der Waals surface area contributed by atoms with E-state index in [1.165, 1.54) is 11.3 Å². The largest absolute Gasteiger partial charge is 0.386 e. The summed E-state index contributed by atoms with van der Waals surface area (Å²) in [4.78, 5) is 25.2. The fourth-order valence-electron chi connectivity index (χ4n) is 2.38. The Labute approximate surface area is 153 Å². The maximum atomic E-state index is 13.0. The summed E-state index contributed by atoms with van der Waals surface area (Å²) >= 11 is 1.39. The van der Waals surface area contributed by atoms with Gasteiger partial charge in [-0.3, -0.25) is 4.79 Å². The Morgan fingerprint density at radius 3 is 2.62 bits per heavy atom. The highest BCUT2D eigenvalue weighted by Crippen LogP contribution is 2.21. The average molecular weight is 372 g/mol. The predicted molar refractivity (Wildman–Crippen MR) is 96.3 cm³/mol. The van der Waals surface area contributed by atoms with Gasteiger partial charge in [-0.25, -0.2) is 19.3 Å². The van der Waals surface area contributed by atoms with Gasteiger partial charge in [-0.1, -0.05) is 12.1 Å². The summed E-state index contributed by atoms with van der Waals surface area (Å²) in [5, 5.41) is 13.7. The summed E-state index contributed by atoms with van der Waals surface area (Å²) in [6.07, 6.45) is 2.95. The lowest BCUT2D eigenvalue weighted by atomic mass is 10.0. The number of hydrogen-bond acceptors (Lipinski definition) is 6. The van der Waals surface area contributed by atoms with Gasteiger partial charge in [-0.05, 0) is 25.5 Å². The summed E-state index contributed by atoms with van der Waals surface area (Å²) in [5.74, 6) is -0.501. The average Bonchev–Trinajstić information content (AvgIpc) is 3.07. The molecular weight excluding hydrogens is 355 g/mol. The van der Waals surface area contributed by atoms with Crippen molar-refractivity contribution in [2.45, 2.75) is 20.0 Å². The van der Waals surface area contributed by atoms with Crippen molar-refractivity contribution in [1.29, 1.82) is 0 Å². The van der Waals surface area contributed by atoms with Crippen molar-refractivity contribution in [2.75, 3.05) is 6.54 Å². The molecule has 3 aromatic rings. The second kappa shape index (κ2) is 7.67. The fraction of sp³-hybridized carbons (Fsp3) is 0.222. The van der Waals surface area contributed by atoms with Crippen molar-refractivity contribution in [1.82, 2.24) is 20.3 Å². The molecule has 0 fully saturated rings. The lowest BCUT2D eigenvalue weighted by Crippen LogP contribution is -2.28. The molecule has 1 aromatic carbocycles. The van der Waals surface area contributed by atoms with Crippen LogP contribution in [-0.2, 0) is 0 Å². The van der Waals surface area contributed by atoms with Gasteiger partial charge in [0.1, 0.15) is 6.10 Å². The molecule has 134 valence electrons. The summed E-state index contributed by atoms with van der Waals surface area (Å²) in [5.41, 5.74) is 1.83. The van der Waals surface area contributed by atoms with E-state index in [-0.39, 0.29) is 12.5 Å². The first-order valence-corrected chi connectivity index (χ1v) is 8.73. The van der Waals surface area contributed by atoms with Crippen molar-refractivity contribution in [3.63, 3.8) is 0 Å². The van der Waals surface area contributed by atoms with Crippen LogP contribution in [0.25, 0.3) is 11.4 Å². The zero-order valence-corrected chi connectivity index (χ0v) is 15.0. The third kappa shape index (κ3) is 4.09. The summed E-state index contributed by atoms with van der Waals surface area (Å²) in [7, 11) is 0. The third-order valence-corrected chi connectivity index (χ3v) is 4.80. The Morgan fingerprint density at radius 1 is 1.23 bits per heavy atom. The van der Waals surface area contributed by atoms with Gasteiger partial charge < -0.3 is 10.4 Å². The molecule has 2 heterocycles. The second-order valence-corrected chi connectivity index (χ2v) is 7.03. The third-order valence-electron chi connectivity index (χ3n) is 3.78. The van der Waals surface area contributed by atoms with Crippen molar-refractivity contribution in [3.8, 4) is 11.4 Å². The molecule has 3 rings (SSSR count). The number of carbonyl (C=O) groups is 1. The van der Waals surface area contributed by atoms with E-state index in [1.807, 2.05) is 13.8 Å². The molecule has 0 saturated carbocycles. The molecule has 1 atom stereocenters. The zero-order chi connectivity index (χ0) is 18.7. The molecule has 0 spiro atoms. The van der Waals surface area contributed by atoms with Crippen molar-refractivity contribution in [2.24, 2.45) is 0 Å². The Balaban J connectivity index is 1.74. The van der Waals surface area contributed by atoms with Gasteiger partial charge in [0.2, 0.25) is 0 Å². The molecule has 0 aliphatic rings. The number of nitrogens with zero attached hydrogens (tertiary/aromatic N) is 3. The number of benzene rings is 1. The first kappa shape index (κ1) is 18.1. The number of carbonyl (C=O) groups excluding carboxylic acids is 1. The zero-order valence-electron chi connectivity index (χ0n) is 14.2. The van der Waals surface area contributed by atoms with Crippen LogP contribution in [0.15, 0.2) is 36.8 Å². The molecule has 2 aromatic heterocycles. The van der Waals surface area contributed by atoms with Crippen molar-refractivity contribution >= 4 is 17.2 Å². The molecular formula is C18H17FN4O2S. The van der Waals surface area contributed by atoms with Crippen LogP contribution in [0.2, 0.25) is 0 Å². The van der Waals surface area contributed by atoms with Crippen molar-refractivity contribution < 1.29 is 14.3 Å². The molecule has 0 aliphatic heterocycles. The van der Waals surface area contributed by atoms with Gasteiger partial charge in [-0.2, -0.15) is 0 Å². The monoisotopic (exact) mass is 372 g/mol. The van der Waals surface area contributed by atoms with E-state index in [0.717, 1.165) is 23.0 Å². The van der Waals surface area contributed by atoms with Crippen LogP contribution < -0.4 is 5.32 Å². The number of amides is 1. The number of halogens is 1. The number of aryl methyl sites for hydroxylation is 2. The van der Waals surface area contributed by atoms with Crippen LogP contribution in [0.1, 0.15) is 31.9 Å². The molecule has 0 bridgehead atoms. The van der Waals surface area contributed by atoms with E-state index in [2.05, 4.69) is 20.3 Å². The predicted octanol–water partition coefficient (Wildman–Crippen LogP) is 2.82. The first-order chi connectivity index (χ1) is 12.4. The summed E-state index contributed by atoms with van der Waals surface area (Å²) in [6.45, 7) is 3.75. The summed E-state index contributed by atoms with van der Waals surface area (Å²) in [6, 6.07) is 5.20. The molecule has 0 unspecified atom stereocenters. The van der Waals surface area contributed by atoms with Gasteiger partial charge in [-0.15, -0.1) is 11.3 Å². The SMILES string of the molecule is Cc1ncc([C@H](O)CNC(=O)c2cc(-c3ncc(F)cn3)ccc2C)s1. The lowest BCUT2D eigenvalue weighted by molar-refractivity contribution is 0.0917. The first-order valence-electron chi connectivity index (χ1n) is 7.91. The Hall–Kier alpha value is -2.71. The minimum atomic E-state index is -0.811. The topological polar surface area (TPSA) is 88.0 Å². The molecule has 8 heteroatoms. The molecule has 6 nitrogen and oxygen atoms in total. The van der Waals surface area contributed by atoms with Gasteiger partial charge in [0.05, 0.1) is 22.3 Å². The van der Waals surface area contributed by atoms with Crippen LogP contribution in [0, 0.1) is 19.7 Å². The number of hydrogen-bond donors (Lipinski definition) is 2. The molecule has 0 radical (unpaired) electrons. The molecule has 1 amide bonds. The number of rotatable bonds is 5.